The molecule has 0 aliphatic carbocycles. The van der Waals surface area contributed by atoms with Crippen molar-refractivity contribution in [3.63, 3.8) is 0 Å². The largest absolute Gasteiger partial charge is 0.437 e. The predicted molar refractivity (Wildman–Crippen MR) is 108 cm³/mol. The number of alkyl halides is 3. The molecule has 5 nitrogen and oxygen atoms in total. The molecule has 4 rings (SSSR count). The number of likely N-dealkylation sites (tertiary alicyclic amines) is 2. The molecule has 1 aromatic heterocycles. The van der Waals surface area contributed by atoms with Crippen molar-refractivity contribution >= 4 is 33.4 Å². The molecule has 0 N–H and O–H groups in total. The molecule has 3 heterocycles. The zero-order chi connectivity index (χ0) is 22.4. The second-order valence-corrected chi connectivity index (χ2v) is 9.22. The monoisotopic (exact) mass is 458 g/mol. The zero-order valence-corrected chi connectivity index (χ0v) is 17.7. The summed E-state index contributed by atoms with van der Waals surface area (Å²) in [5.74, 6) is -0.484. The molecule has 2 saturated heterocycles. The average molecular weight is 458 g/mol. The fraction of sp³-hybridized carbons (Fsp3) is 0.524. The third kappa shape index (κ3) is 4.22. The van der Waals surface area contributed by atoms with Gasteiger partial charge in [0.1, 0.15) is 5.82 Å². The van der Waals surface area contributed by atoms with Crippen molar-refractivity contribution in [1.29, 1.82) is 0 Å². The van der Waals surface area contributed by atoms with Gasteiger partial charge in [0, 0.05) is 29.9 Å². The fourth-order valence-corrected chi connectivity index (χ4v) is 5.42. The number of halogens is 4. The summed E-state index contributed by atoms with van der Waals surface area (Å²) in [6.45, 7) is 1.84. The second-order valence-electron chi connectivity index (χ2n) is 8.13. The van der Waals surface area contributed by atoms with Crippen molar-refractivity contribution in [2.24, 2.45) is 0 Å². The molecular weight excluding hydrogens is 436 g/mol. The van der Waals surface area contributed by atoms with Gasteiger partial charge in [0.15, 0.2) is 6.10 Å². The van der Waals surface area contributed by atoms with Crippen molar-refractivity contribution in [1.82, 2.24) is 9.80 Å². The van der Waals surface area contributed by atoms with E-state index in [1.165, 1.54) is 28.4 Å². The Bertz CT molecular complexity index is 998. The van der Waals surface area contributed by atoms with Gasteiger partial charge in [-0.3, -0.25) is 4.79 Å². The van der Waals surface area contributed by atoms with Crippen LogP contribution < -0.4 is 0 Å². The highest BCUT2D eigenvalue weighted by molar-refractivity contribution is 7.20. The maximum Gasteiger partial charge on any atom is 0.425 e. The van der Waals surface area contributed by atoms with Gasteiger partial charge in [-0.2, -0.15) is 13.2 Å². The number of ether oxygens (including phenoxy) is 1. The lowest BCUT2D eigenvalue weighted by Gasteiger charge is -2.44. The SMILES string of the molecule is CC(OC(=O)N1CCC2(CCCN2C(=O)c2cc3cc(F)ccc3s2)CC1)C(F)(F)F. The van der Waals surface area contributed by atoms with Gasteiger partial charge < -0.3 is 14.5 Å². The summed E-state index contributed by atoms with van der Waals surface area (Å²) < 4.78 is 56.8. The third-order valence-electron chi connectivity index (χ3n) is 6.22. The summed E-state index contributed by atoms with van der Waals surface area (Å²) in [5, 5.41) is 0.679. The summed E-state index contributed by atoms with van der Waals surface area (Å²) in [5.41, 5.74) is -0.426. The van der Waals surface area contributed by atoms with Gasteiger partial charge in [-0.1, -0.05) is 0 Å². The number of benzene rings is 1. The number of amides is 2. The van der Waals surface area contributed by atoms with Crippen LogP contribution in [0.15, 0.2) is 24.3 Å². The normalized spacial score (nSPS) is 19.8. The summed E-state index contributed by atoms with van der Waals surface area (Å²) >= 11 is 1.31. The van der Waals surface area contributed by atoms with E-state index < -0.39 is 23.9 Å². The number of piperidine rings is 1. The van der Waals surface area contributed by atoms with E-state index in [0.29, 0.717) is 29.6 Å². The molecule has 0 saturated carbocycles. The maximum absolute atomic E-state index is 13.5. The fourth-order valence-electron chi connectivity index (χ4n) is 4.43. The topological polar surface area (TPSA) is 49.9 Å². The lowest BCUT2D eigenvalue weighted by Crippen LogP contribution is -2.55. The summed E-state index contributed by atoms with van der Waals surface area (Å²) in [6.07, 6.45) is -5.20. The van der Waals surface area contributed by atoms with E-state index in [9.17, 15) is 27.2 Å². The Labute approximate surface area is 180 Å². The van der Waals surface area contributed by atoms with Crippen LogP contribution in [-0.4, -0.2) is 59.3 Å². The maximum atomic E-state index is 13.5. The molecule has 168 valence electrons. The zero-order valence-electron chi connectivity index (χ0n) is 16.9. The first-order chi connectivity index (χ1) is 14.6. The quantitative estimate of drug-likeness (QED) is 0.582. The molecule has 2 aliphatic heterocycles. The Morgan fingerprint density at radius 3 is 2.52 bits per heavy atom. The highest BCUT2D eigenvalue weighted by atomic mass is 32.1. The molecule has 1 spiro atoms. The van der Waals surface area contributed by atoms with Gasteiger partial charge in [0.25, 0.3) is 5.91 Å². The Morgan fingerprint density at radius 1 is 1.13 bits per heavy atom. The van der Waals surface area contributed by atoms with Gasteiger partial charge in [-0.25, -0.2) is 9.18 Å². The molecule has 2 aliphatic rings. The summed E-state index contributed by atoms with van der Waals surface area (Å²) in [6, 6.07) is 6.10. The first kappa shape index (κ1) is 21.9. The molecule has 0 radical (unpaired) electrons. The van der Waals surface area contributed by atoms with Crippen molar-refractivity contribution in [2.45, 2.75) is 50.4 Å². The van der Waals surface area contributed by atoms with E-state index in [-0.39, 0.29) is 24.8 Å². The van der Waals surface area contributed by atoms with Crippen LogP contribution in [0.2, 0.25) is 0 Å². The summed E-state index contributed by atoms with van der Waals surface area (Å²) in [4.78, 5) is 29.0. The number of nitrogens with zero attached hydrogens (tertiary/aromatic N) is 2. The lowest BCUT2D eigenvalue weighted by atomic mass is 9.85. The first-order valence-electron chi connectivity index (χ1n) is 10.1. The van der Waals surface area contributed by atoms with Crippen molar-refractivity contribution in [3.8, 4) is 0 Å². The molecular formula is C21H22F4N2O3S. The number of carbonyl (C=O) groups excluding carboxylic acids is 2. The Morgan fingerprint density at radius 2 is 1.84 bits per heavy atom. The molecule has 0 bridgehead atoms. The number of hydrogen-bond donors (Lipinski definition) is 0. The van der Waals surface area contributed by atoms with E-state index in [1.807, 2.05) is 4.90 Å². The molecule has 1 aromatic carbocycles. The minimum Gasteiger partial charge on any atom is -0.437 e. The minimum atomic E-state index is -4.60. The van der Waals surface area contributed by atoms with E-state index in [0.717, 1.165) is 24.5 Å². The number of fused-ring (bicyclic) bond motifs is 1. The minimum absolute atomic E-state index is 0.124. The van der Waals surface area contributed by atoms with E-state index in [1.54, 1.807) is 12.1 Å². The molecule has 10 heteroatoms. The molecule has 2 fully saturated rings. The van der Waals surface area contributed by atoms with E-state index >= 15 is 0 Å². The molecule has 1 atom stereocenters. The third-order valence-corrected chi connectivity index (χ3v) is 7.33. The standard InChI is InChI=1S/C21H22F4N2O3S/c1-13(21(23,24)25)30-19(29)26-9-6-20(7-10-26)5-2-8-27(20)18(28)17-12-14-11-15(22)3-4-16(14)31-17/h3-4,11-13H,2,5-10H2,1H3. The smallest absolute Gasteiger partial charge is 0.425 e. The van der Waals surface area contributed by atoms with Gasteiger partial charge >= 0.3 is 12.3 Å². The van der Waals surface area contributed by atoms with E-state index in [2.05, 4.69) is 4.74 Å². The number of hydrogen-bond acceptors (Lipinski definition) is 4. The highest BCUT2D eigenvalue weighted by Gasteiger charge is 2.47. The van der Waals surface area contributed by atoms with Crippen LogP contribution in [0.4, 0.5) is 22.4 Å². The van der Waals surface area contributed by atoms with Gasteiger partial charge in [-0.05, 0) is 62.3 Å². The highest BCUT2D eigenvalue weighted by Crippen LogP contribution is 2.41. The lowest BCUT2D eigenvalue weighted by molar-refractivity contribution is -0.200. The molecule has 2 aromatic rings. The molecule has 31 heavy (non-hydrogen) atoms. The Hall–Kier alpha value is -2.36. The van der Waals surface area contributed by atoms with Crippen LogP contribution in [0, 0.1) is 5.82 Å². The van der Waals surface area contributed by atoms with Gasteiger partial charge in [0.2, 0.25) is 0 Å². The number of thiophene rings is 1. The van der Waals surface area contributed by atoms with Crippen molar-refractivity contribution < 1.29 is 31.9 Å². The first-order valence-corrected chi connectivity index (χ1v) is 10.9. The van der Waals surface area contributed by atoms with Crippen LogP contribution in [0.5, 0.6) is 0 Å². The van der Waals surface area contributed by atoms with E-state index in [4.69, 9.17) is 0 Å². The van der Waals surface area contributed by atoms with Crippen LogP contribution in [0.25, 0.3) is 10.1 Å². The van der Waals surface area contributed by atoms with Crippen LogP contribution >= 0.6 is 11.3 Å². The molecule has 1 unspecified atom stereocenters. The average Bonchev–Trinajstić information content (AvgIpc) is 3.31. The summed E-state index contributed by atoms with van der Waals surface area (Å²) in [7, 11) is 0. The van der Waals surface area contributed by atoms with Crippen LogP contribution in [0.3, 0.4) is 0 Å². The van der Waals surface area contributed by atoms with Gasteiger partial charge in [0.05, 0.1) is 4.88 Å². The van der Waals surface area contributed by atoms with Crippen molar-refractivity contribution in [2.75, 3.05) is 19.6 Å². The predicted octanol–water partition coefficient (Wildman–Crippen LogP) is 5.20. The van der Waals surface area contributed by atoms with Crippen LogP contribution in [-0.2, 0) is 4.74 Å². The second kappa shape index (κ2) is 7.96. The Kier molecular flexibility index (Phi) is 5.61. The van der Waals surface area contributed by atoms with Crippen molar-refractivity contribution in [3.05, 3.63) is 35.0 Å². The number of carbonyl (C=O) groups is 2. The number of rotatable bonds is 2. The van der Waals surface area contributed by atoms with Gasteiger partial charge in [-0.15, -0.1) is 11.3 Å². The van der Waals surface area contributed by atoms with Crippen LogP contribution in [0.1, 0.15) is 42.3 Å². The Balaban J connectivity index is 1.44. The molecule has 2 amide bonds.